The number of unbranched alkanes of at least 4 members (excludes halogenated alkanes) is 16. The first-order valence-electron chi connectivity index (χ1n) is 14.6. The highest BCUT2D eigenvalue weighted by atomic mass is 16.5. The molecule has 0 aromatic carbocycles. The van der Waals surface area contributed by atoms with Gasteiger partial charge in [0.2, 0.25) is 0 Å². The topological polar surface area (TPSA) is 46.6 Å². The molecule has 0 atom stereocenters. The van der Waals surface area contributed by atoms with Gasteiger partial charge in [-0.05, 0) is 51.7 Å². The summed E-state index contributed by atoms with van der Waals surface area (Å²) in [6.45, 7) is 8.48. The minimum absolute atomic E-state index is 0.0127. The van der Waals surface area contributed by atoms with Crippen molar-refractivity contribution >= 4 is 12.3 Å². The maximum Gasteiger partial charge on any atom is 0.305 e. The average molecular weight is 468 g/mol. The van der Waals surface area contributed by atoms with Crippen LogP contribution >= 0.6 is 0 Å². The molecule has 0 spiro atoms. The molecular weight excluding hydrogens is 410 g/mol. The molecule has 0 radical (unpaired) electrons. The lowest BCUT2D eigenvalue weighted by Crippen LogP contribution is -2.27. The monoisotopic (exact) mass is 467 g/mol. The van der Waals surface area contributed by atoms with Gasteiger partial charge < -0.3 is 14.4 Å². The normalized spacial score (nSPS) is 11.2. The lowest BCUT2D eigenvalue weighted by molar-refractivity contribution is -0.143. The van der Waals surface area contributed by atoms with Gasteiger partial charge in [0.05, 0.1) is 6.61 Å². The Morgan fingerprint density at radius 1 is 0.606 bits per heavy atom. The van der Waals surface area contributed by atoms with Crippen LogP contribution in [0, 0.1) is 0 Å². The summed E-state index contributed by atoms with van der Waals surface area (Å²) in [7, 11) is 0. The molecule has 0 aliphatic carbocycles. The molecule has 0 rings (SSSR count). The van der Waals surface area contributed by atoms with Crippen LogP contribution in [-0.4, -0.2) is 43.4 Å². The Morgan fingerprint density at radius 2 is 1.06 bits per heavy atom. The summed E-state index contributed by atoms with van der Waals surface area (Å²) < 4.78 is 5.37. The van der Waals surface area contributed by atoms with E-state index in [2.05, 4.69) is 18.7 Å². The Bertz CT molecular complexity index is 414. The van der Waals surface area contributed by atoms with E-state index < -0.39 is 0 Å². The molecule has 0 aliphatic heterocycles. The minimum Gasteiger partial charge on any atom is -0.466 e. The van der Waals surface area contributed by atoms with Crippen LogP contribution in [0.15, 0.2) is 0 Å². The smallest absolute Gasteiger partial charge is 0.305 e. The number of hydrogen-bond donors (Lipinski definition) is 0. The van der Waals surface area contributed by atoms with Crippen molar-refractivity contribution in [2.24, 2.45) is 0 Å². The molecule has 0 amide bonds. The summed E-state index contributed by atoms with van der Waals surface area (Å²) >= 11 is 0. The van der Waals surface area contributed by atoms with Crippen LogP contribution in [-0.2, 0) is 14.3 Å². The summed E-state index contributed by atoms with van der Waals surface area (Å²) in [6, 6.07) is 0. The first-order chi connectivity index (χ1) is 16.2. The lowest BCUT2D eigenvalue weighted by Gasteiger charge is -2.22. The molecule has 4 nitrogen and oxygen atoms in total. The molecule has 0 aliphatic rings. The van der Waals surface area contributed by atoms with Gasteiger partial charge in [-0.3, -0.25) is 4.79 Å². The first kappa shape index (κ1) is 32.1. The fraction of sp³-hybridized carbons (Fsp3) is 0.931. The fourth-order valence-electron chi connectivity index (χ4n) is 4.30. The highest BCUT2D eigenvalue weighted by Gasteiger charge is 2.06. The molecule has 4 heteroatoms. The number of esters is 1. The van der Waals surface area contributed by atoms with Crippen LogP contribution in [0.1, 0.15) is 149 Å². The Balaban J connectivity index is 3.62. The quantitative estimate of drug-likeness (QED) is 0.0693. The predicted octanol–water partition coefficient (Wildman–Crippen LogP) is 8.26. The number of nitrogens with zero attached hydrogens (tertiary/aromatic N) is 1. The van der Waals surface area contributed by atoms with Crippen molar-refractivity contribution in [3.05, 3.63) is 0 Å². The van der Waals surface area contributed by atoms with Crippen LogP contribution < -0.4 is 0 Å². The summed E-state index contributed by atoms with van der Waals surface area (Å²) in [5.41, 5.74) is 0. The fourth-order valence-corrected chi connectivity index (χ4v) is 4.30. The van der Waals surface area contributed by atoms with Crippen LogP contribution in [0.2, 0.25) is 0 Å². The van der Waals surface area contributed by atoms with Gasteiger partial charge in [0.15, 0.2) is 0 Å². The first-order valence-corrected chi connectivity index (χ1v) is 14.6. The van der Waals surface area contributed by atoms with Crippen molar-refractivity contribution in [1.29, 1.82) is 0 Å². The van der Waals surface area contributed by atoms with E-state index in [1.807, 2.05) is 0 Å². The summed E-state index contributed by atoms with van der Waals surface area (Å²) in [5, 5.41) is 0. The van der Waals surface area contributed by atoms with E-state index in [4.69, 9.17) is 4.74 Å². The van der Waals surface area contributed by atoms with E-state index in [-0.39, 0.29) is 5.97 Å². The molecule has 0 unspecified atom stereocenters. The average Bonchev–Trinajstić information content (AvgIpc) is 2.82. The van der Waals surface area contributed by atoms with Crippen molar-refractivity contribution in [1.82, 2.24) is 4.90 Å². The highest BCUT2D eigenvalue weighted by molar-refractivity contribution is 5.69. The van der Waals surface area contributed by atoms with Crippen molar-refractivity contribution < 1.29 is 14.3 Å². The van der Waals surface area contributed by atoms with Gasteiger partial charge in [-0.1, -0.05) is 104 Å². The molecule has 0 bridgehead atoms. The lowest BCUT2D eigenvalue weighted by atomic mass is 10.1. The Labute approximate surface area is 206 Å². The number of aldehydes is 1. The zero-order chi connectivity index (χ0) is 24.2. The SMILES string of the molecule is CCCCCCCCCOC(=O)CCCCCCCN(CCCC=O)CCCCCCCC. The summed E-state index contributed by atoms with van der Waals surface area (Å²) in [4.78, 5) is 25.0. The van der Waals surface area contributed by atoms with Gasteiger partial charge >= 0.3 is 5.97 Å². The van der Waals surface area contributed by atoms with Crippen molar-refractivity contribution in [3.63, 3.8) is 0 Å². The molecule has 0 heterocycles. The maximum atomic E-state index is 11.9. The van der Waals surface area contributed by atoms with E-state index in [1.165, 1.54) is 103 Å². The second-order valence-corrected chi connectivity index (χ2v) is 9.78. The van der Waals surface area contributed by atoms with Crippen molar-refractivity contribution in [2.45, 2.75) is 149 Å². The minimum atomic E-state index is -0.0127. The van der Waals surface area contributed by atoms with Crippen LogP contribution in [0.3, 0.4) is 0 Å². The number of ether oxygens (including phenoxy) is 1. The third-order valence-electron chi connectivity index (χ3n) is 6.49. The van der Waals surface area contributed by atoms with Crippen LogP contribution in [0.5, 0.6) is 0 Å². The molecule has 196 valence electrons. The van der Waals surface area contributed by atoms with Gasteiger partial charge in [-0.15, -0.1) is 0 Å². The maximum absolute atomic E-state index is 11.9. The molecule has 0 saturated carbocycles. The third-order valence-corrected chi connectivity index (χ3v) is 6.49. The van der Waals surface area contributed by atoms with Crippen LogP contribution in [0.25, 0.3) is 0 Å². The number of carbonyl (C=O) groups excluding carboxylic acids is 2. The molecular formula is C29H57NO3. The van der Waals surface area contributed by atoms with E-state index in [0.717, 1.165) is 45.1 Å². The largest absolute Gasteiger partial charge is 0.466 e. The molecule has 0 saturated heterocycles. The predicted molar refractivity (Wildman–Crippen MR) is 142 cm³/mol. The second-order valence-electron chi connectivity index (χ2n) is 9.78. The Kier molecular flexibility index (Phi) is 26.6. The van der Waals surface area contributed by atoms with E-state index >= 15 is 0 Å². The van der Waals surface area contributed by atoms with Gasteiger partial charge in [0.25, 0.3) is 0 Å². The van der Waals surface area contributed by atoms with Crippen LogP contribution in [0.4, 0.5) is 0 Å². The highest BCUT2D eigenvalue weighted by Crippen LogP contribution is 2.11. The molecule has 0 aromatic rings. The van der Waals surface area contributed by atoms with Crippen molar-refractivity contribution in [3.8, 4) is 0 Å². The summed E-state index contributed by atoms with van der Waals surface area (Å²) in [6.07, 6.45) is 25.8. The van der Waals surface area contributed by atoms with Gasteiger partial charge in [0.1, 0.15) is 6.29 Å². The number of hydrogen-bond acceptors (Lipinski definition) is 4. The van der Waals surface area contributed by atoms with Gasteiger partial charge in [-0.2, -0.15) is 0 Å². The Hall–Kier alpha value is -0.900. The van der Waals surface area contributed by atoms with E-state index in [0.29, 0.717) is 19.4 Å². The van der Waals surface area contributed by atoms with Crippen molar-refractivity contribution in [2.75, 3.05) is 26.2 Å². The molecule has 0 aromatic heterocycles. The third kappa shape index (κ3) is 25.6. The second kappa shape index (κ2) is 27.3. The van der Waals surface area contributed by atoms with E-state index in [9.17, 15) is 9.59 Å². The van der Waals surface area contributed by atoms with Gasteiger partial charge in [0, 0.05) is 12.8 Å². The molecule has 0 N–H and O–H groups in total. The molecule has 0 fully saturated rings. The van der Waals surface area contributed by atoms with Gasteiger partial charge in [-0.25, -0.2) is 0 Å². The van der Waals surface area contributed by atoms with E-state index in [1.54, 1.807) is 0 Å². The Morgan fingerprint density at radius 3 is 1.61 bits per heavy atom. The molecule has 33 heavy (non-hydrogen) atoms. The zero-order valence-corrected chi connectivity index (χ0v) is 22.4. The number of rotatable bonds is 27. The zero-order valence-electron chi connectivity index (χ0n) is 22.4. The standard InChI is InChI=1S/C29H57NO3/c1-3-5-7-9-11-16-22-28-33-29(32)23-17-13-12-15-19-25-30(26-20-21-27-31)24-18-14-10-8-6-4-2/h27H,3-26,28H2,1-2H3. The summed E-state index contributed by atoms with van der Waals surface area (Å²) in [5.74, 6) is -0.0127. The number of carbonyl (C=O) groups is 2.